The molecule has 1 N–H and O–H groups in total. The van der Waals surface area contributed by atoms with Crippen molar-refractivity contribution in [1.82, 2.24) is 19.8 Å². The third kappa shape index (κ3) is 3.67. The van der Waals surface area contributed by atoms with Crippen LogP contribution in [0.3, 0.4) is 0 Å². The van der Waals surface area contributed by atoms with E-state index in [1.165, 1.54) is 4.90 Å². The maximum atomic E-state index is 12.6. The first-order chi connectivity index (χ1) is 12.4. The summed E-state index contributed by atoms with van der Waals surface area (Å²) in [6.45, 7) is 4.89. The van der Waals surface area contributed by atoms with Crippen LogP contribution >= 0.6 is 0 Å². The first-order valence-corrected chi connectivity index (χ1v) is 8.89. The third-order valence-corrected chi connectivity index (χ3v) is 4.74. The lowest BCUT2D eigenvalue weighted by atomic mass is 10.1. The normalized spacial score (nSPS) is 17.9. The Labute approximate surface area is 152 Å². The van der Waals surface area contributed by atoms with Crippen LogP contribution < -0.4 is 5.56 Å². The van der Waals surface area contributed by atoms with Crippen molar-refractivity contribution in [3.05, 3.63) is 40.4 Å². The van der Waals surface area contributed by atoms with Crippen molar-refractivity contribution < 1.29 is 9.59 Å². The van der Waals surface area contributed by atoms with Crippen molar-refractivity contribution in [2.45, 2.75) is 39.3 Å². The molecule has 1 atom stereocenters. The zero-order chi connectivity index (χ0) is 18.8. The molecule has 26 heavy (non-hydrogen) atoms. The monoisotopic (exact) mass is 356 g/mol. The fourth-order valence-corrected chi connectivity index (χ4v) is 3.19. The van der Waals surface area contributed by atoms with Crippen molar-refractivity contribution in [2.24, 2.45) is 5.92 Å². The second kappa shape index (κ2) is 7.37. The highest BCUT2D eigenvalue weighted by Gasteiger charge is 2.40. The zero-order valence-electron chi connectivity index (χ0n) is 15.4. The third-order valence-electron chi connectivity index (χ3n) is 4.74. The van der Waals surface area contributed by atoms with Crippen LogP contribution in [0.5, 0.6) is 0 Å². The highest BCUT2D eigenvalue weighted by Crippen LogP contribution is 2.20. The van der Waals surface area contributed by atoms with E-state index in [9.17, 15) is 14.4 Å². The number of nitrogens with zero attached hydrogens (tertiary/aromatic N) is 3. The second-order valence-electron chi connectivity index (χ2n) is 7.23. The van der Waals surface area contributed by atoms with Gasteiger partial charge in [-0.3, -0.25) is 24.2 Å². The van der Waals surface area contributed by atoms with Gasteiger partial charge in [-0.2, -0.15) is 0 Å². The summed E-state index contributed by atoms with van der Waals surface area (Å²) in [4.78, 5) is 47.4. The Kier molecular flexibility index (Phi) is 5.18. The lowest BCUT2D eigenvalue weighted by Crippen LogP contribution is -2.40. The second-order valence-corrected chi connectivity index (χ2v) is 7.23. The first kappa shape index (κ1) is 18.3. The predicted octanol–water partition coefficient (Wildman–Crippen LogP) is 1.53. The molecule has 0 saturated carbocycles. The number of imide groups is 1. The molecule has 1 aromatic heterocycles. The summed E-state index contributed by atoms with van der Waals surface area (Å²) < 4.78 is 0. The molecule has 3 rings (SSSR count). The lowest BCUT2D eigenvalue weighted by molar-refractivity contribution is -0.139. The number of carbonyl (C=O) groups excluding carboxylic acids is 2. The molecule has 2 heterocycles. The molecule has 1 fully saturated rings. The number of nitrogens with one attached hydrogen (secondary N) is 1. The number of hydrogen-bond acceptors (Lipinski definition) is 5. The van der Waals surface area contributed by atoms with Gasteiger partial charge in [-0.25, -0.2) is 4.98 Å². The van der Waals surface area contributed by atoms with E-state index >= 15 is 0 Å². The number of aromatic nitrogens is 2. The highest BCUT2D eigenvalue weighted by atomic mass is 16.2. The van der Waals surface area contributed by atoms with E-state index in [2.05, 4.69) is 23.8 Å². The van der Waals surface area contributed by atoms with Crippen LogP contribution in [0.2, 0.25) is 0 Å². The number of carbonyl (C=O) groups is 2. The molecule has 0 bridgehead atoms. The minimum absolute atomic E-state index is 0.132. The number of fused-ring (bicyclic) bond motifs is 1. The van der Waals surface area contributed by atoms with Crippen molar-refractivity contribution in [3.8, 4) is 0 Å². The molecule has 1 aliphatic rings. The average molecular weight is 356 g/mol. The fraction of sp³-hybridized carbons (Fsp3) is 0.474. The number of H-pyrrole nitrogens is 1. The maximum Gasteiger partial charge on any atom is 0.258 e. The number of likely N-dealkylation sites (tertiary alicyclic amines) is 1. The Balaban J connectivity index is 1.74. The number of para-hydroxylation sites is 1. The molecule has 0 aliphatic carbocycles. The van der Waals surface area contributed by atoms with Gasteiger partial charge in [-0.05, 0) is 31.5 Å². The van der Waals surface area contributed by atoms with Crippen LogP contribution in [-0.2, 0) is 16.1 Å². The summed E-state index contributed by atoms with van der Waals surface area (Å²) in [5.41, 5.74) is 0.415. The Morgan fingerprint density at radius 3 is 2.73 bits per heavy atom. The van der Waals surface area contributed by atoms with E-state index in [0.29, 0.717) is 35.7 Å². The summed E-state index contributed by atoms with van der Waals surface area (Å²) in [6, 6.07) is 6.62. The molecule has 7 nitrogen and oxygen atoms in total. The Morgan fingerprint density at radius 2 is 2.00 bits per heavy atom. The lowest BCUT2D eigenvalue weighted by Gasteiger charge is -2.22. The summed E-state index contributed by atoms with van der Waals surface area (Å²) >= 11 is 0. The SMILES string of the molecule is CC(C)CCN1C(=O)C[C@H](N(C)Cc2nc3ccccc3c(=O)[nH]2)C1=O. The van der Waals surface area contributed by atoms with Gasteiger partial charge in [0.05, 0.1) is 29.9 Å². The molecule has 2 amide bonds. The van der Waals surface area contributed by atoms with Crippen molar-refractivity contribution in [3.63, 3.8) is 0 Å². The molecular weight excluding hydrogens is 332 g/mol. The summed E-state index contributed by atoms with van der Waals surface area (Å²) in [5.74, 6) is 0.616. The van der Waals surface area contributed by atoms with Gasteiger partial charge in [0, 0.05) is 6.54 Å². The first-order valence-electron chi connectivity index (χ1n) is 8.89. The minimum atomic E-state index is -0.508. The van der Waals surface area contributed by atoms with Gasteiger partial charge in [-0.15, -0.1) is 0 Å². The Bertz CT molecular complexity index is 890. The van der Waals surface area contributed by atoms with Gasteiger partial charge in [-0.1, -0.05) is 26.0 Å². The number of likely N-dealkylation sites (N-methyl/N-ethyl adjacent to an activating group) is 1. The number of hydrogen-bond donors (Lipinski definition) is 1. The minimum Gasteiger partial charge on any atom is -0.309 e. The molecule has 0 radical (unpaired) electrons. The average Bonchev–Trinajstić information content (AvgIpc) is 2.87. The van der Waals surface area contributed by atoms with Gasteiger partial charge in [0.25, 0.3) is 5.56 Å². The molecule has 1 aliphatic heterocycles. The number of amides is 2. The molecular formula is C19H24N4O3. The van der Waals surface area contributed by atoms with Crippen LogP contribution in [0.4, 0.5) is 0 Å². The number of rotatable bonds is 6. The van der Waals surface area contributed by atoms with Crippen LogP contribution in [-0.4, -0.2) is 51.2 Å². The van der Waals surface area contributed by atoms with Crippen molar-refractivity contribution in [2.75, 3.05) is 13.6 Å². The maximum absolute atomic E-state index is 12.6. The van der Waals surface area contributed by atoms with E-state index in [1.54, 1.807) is 30.1 Å². The smallest absolute Gasteiger partial charge is 0.258 e. The number of aromatic amines is 1. The molecule has 7 heteroatoms. The van der Waals surface area contributed by atoms with Gasteiger partial charge in [0.15, 0.2) is 0 Å². The summed E-state index contributed by atoms with van der Waals surface area (Å²) in [7, 11) is 1.77. The van der Waals surface area contributed by atoms with E-state index in [0.717, 1.165) is 6.42 Å². The quantitative estimate of drug-likeness (QED) is 0.793. The molecule has 1 saturated heterocycles. The largest absolute Gasteiger partial charge is 0.309 e. The van der Waals surface area contributed by atoms with Crippen LogP contribution in [0.1, 0.15) is 32.5 Å². The number of benzene rings is 1. The van der Waals surface area contributed by atoms with Gasteiger partial charge < -0.3 is 4.98 Å². The molecule has 2 aromatic rings. The fourth-order valence-electron chi connectivity index (χ4n) is 3.19. The zero-order valence-corrected chi connectivity index (χ0v) is 15.4. The highest BCUT2D eigenvalue weighted by molar-refractivity contribution is 6.05. The van der Waals surface area contributed by atoms with Gasteiger partial charge >= 0.3 is 0 Å². The summed E-state index contributed by atoms with van der Waals surface area (Å²) in [5, 5.41) is 0.533. The van der Waals surface area contributed by atoms with Crippen LogP contribution in [0.25, 0.3) is 10.9 Å². The standard InChI is InChI=1S/C19H24N4O3/c1-12(2)8-9-23-17(24)10-15(19(23)26)22(3)11-16-20-14-7-5-4-6-13(14)18(25)21-16/h4-7,12,15H,8-11H2,1-3H3,(H,20,21,25)/t15-/m0/s1. The predicted molar refractivity (Wildman–Crippen MR) is 98.4 cm³/mol. The van der Waals surface area contributed by atoms with Crippen LogP contribution in [0.15, 0.2) is 29.1 Å². The molecule has 138 valence electrons. The Hall–Kier alpha value is -2.54. The Morgan fingerprint density at radius 1 is 1.27 bits per heavy atom. The molecule has 0 unspecified atom stereocenters. The van der Waals surface area contributed by atoms with Gasteiger partial charge in [0.1, 0.15) is 5.82 Å². The van der Waals surface area contributed by atoms with Crippen molar-refractivity contribution >= 4 is 22.7 Å². The molecule has 0 spiro atoms. The van der Waals surface area contributed by atoms with E-state index in [1.807, 2.05) is 6.07 Å². The van der Waals surface area contributed by atoms with E-state index < -0.39 is 6.04 Å². The van der Waals surface area contributed by atoms with Crippen molar-refractivity contribution in [1.29, 1.82) is 0 Å². The van der Waals surface area contributed by atoms with Gasteiger partial charge in [0.2, 0.25) is 11.8 Å². The summed E-state index contributed by atoms with van der Waals surface area (Å²) in [6.07, 6.45) is 0.971. The van der Waals surface area contributed by atoms with Crippen LogP contribution in [0, 0.1) is 5.92 Å². The van der Waals surface area contributed by atoms with E-state index in [4.69, 9.17) is 0 Å². The topological polar surface area (TPSA) is 86.4 Å². The van der Waals surface area contributed by atoms with E-state index in [-0.39, 0.29) is 23.8 Å². The molecule has 1 aromatic carbocycles.